The molecule has 0 aromatic heterocycles. The van der Waals surface area contributed by atoms with Gasteiger partial charge in [0.2, 0.25) is 5.91 Å². The number of carbonyl (C=O) groups excluding carboxylic acids is 2. The third kappa shape index (κ3) is 5.18. The van der Waals surface area contributed by atoms with E-state index < -0.39 is 5.91 Å². The number of hydrogen-bond donors (Lipinski definition) is 1. The monoisotopic (exact) mass is 404 g/mol. The molecule has 2 aromatic rings. The highest BCUT2D eigenvalue weighted by atomic mass is 35.5. The highest BCUT2D eigenvalue weighted by molar-refractivity contribution is 8.18. The Kier molecular flexibility index (Phi) is 5.93. The Hall–Kier alpha value is -2.64. The van der Waals surface area contributed by atoms with Crippen LogP contribution in [0.1, 0.15) is 18.1 Å². The van der Waals surface area contributed by atoms with Crippen LogP contribution in [0.15, 0.2) is 52.4 Å². The summed E-state index contributed by atoms with van der Waals surface area (Å²) in [6.07, 6.45) is 1.60. The van der Waals surface area contributed by atoms with E-state index in [0.29, 0.717) is 26.8 Å². The van der Waals surface area contributed by atoms with Gasteiger partial charge in [0.1, 0.15) is 18.2 Å². The number of ether oxygens (including phenoxy) is 1. The number of amides is 2. The lowest BCUT2D eigenvalue weighted by Crippen LogP contribution is -2.23. The van der Waals surface area contributed by atoms with Crippen molar-refractivity contribution in [2.24, 2.45) is 4.99 Å². The number of thioether (sulfide) groups is 1. The Balaban J connectivity index is 1.80. The summed E-state index contributed by atoms with van der Waals surface area (Å²) < 4.78 is 19.1. The minimum Gasteiger partial charge on any atom is -0.488 e. The number of rotatable bonds is 4. The zero-order chi connectivity index (χ0) is 19.4. The Morgan fingerprint density at radius 1 is 1.33 bits per heavy atom. The third-order valence-corrected chi connectivity index (χ3v) is 4.58. The number of nitrogens with zero attached hydrogens (tertiary/aromatic N) is 1. The van der Waals surface area contributed by atoms with Crippen molar-refractivity contribution in [2.45, 2.75) is 13.5 Å². The molecule has 27 heavy (non-hydrogen) atoms. The van der Waals surface area contributed by atoms with Crippen LogP contribution in [0.4, 0.5) is 4.39 Å². The molecule has 2 aromatic carbocycles. The van der Waals surface area contributed by atoms with E-state index in [2.05, 4.69) is 10.3 Å². The molecule has 0 saturated heterocycles. The van der Waals surface area contributed by atoms with E-state index in [1.54, 1.807) is 36.4 Å². The molecule has 3 rings (SSSR count). The SMILES string of the molecule is CC(=O)NC1=NC(=O)/C(=C\c2cc(Cl)ccc2OCc2cccc(F)c2)S1. The van der Waals surface area contributed by atoms with Crippen LogP contribution in [0.2, 0.25) is 5.02 Å². The average molecular weight is 405 g/mol. The van der Waals surface area contributed by atoms with Gasteiger partial charge in [0.05, 0.1) is 4.91 Å². The van der Waals surface area contributed by atoms with Crippen molar-refractivity contribution in [1.29, 1.82) is 0 Å². The Bertz CT molecular complexity index is 975. The first-order valence-electron chi connectivity index (χ1n) is 7.87. The lowest BCUT2D eigenvalue weighted by molar-refractivity contribution is -0.117. The van der Waals surface area contributed by atoms with Crippen LogP contribution in [0.25, 0.3) is 6.08 Å². The normalized spacial score (nSPS) is 15.0. The van der Waals surface area contributed by atoms with Gasteiger partial charge in [-0.15, -0.1) is 0 Å². The van der Waals surface area contributed by atoms with Gasteiger partial charge >= 0.3 is 0 Å². The molecule has 8 heteroatoms. The highest BCUT2D eigenvalue weighted by Gasteiger charge is 2.23. The lowest BCUT2D eigenvalue weighted by Gasteiger charge is -2.10. The average Bonchev–Trinajstić information content (AvgIpc) is 2.92. The van der Waals surface area contributed by atoms with Gasteiger partial charge in [-0.05, 0) is 53.7 Å². The Labute approximate surface area is 164 Å². The van der Waals surface area contributed by atoms with Gasteiger partial charge in [0.15, 0.2) is 5.17 Å². The van der Waals surface area contributed by atoms with Crippen LogP contribution in [0.3, 0.4) is 0 Å². The lowest BCUT2D eigenvalue weighted by atomic mass is 10.1. The van der Waals surface area contributed by atoms with Crippen molar-refractivity contribution in [3.8, 4) is 5.75 Å². The molecule has 1 N–H and O–H groups in total. The first-order valence-corrected chi connectivity index (χ1v) is 9.07. The predicted octanol–water partition coefficient (Wildman–Crippen LogP) is 4.16. The van der Waals surface area contributed by atoms with Crippen LogP contribution in [-0.4, -0.2) is 17.0 Å². The molecule has 0 fully saturated rings. The summed E-state index contributed by atoms with van der Waals surface area (Å²) in [6.45, 7) is 1.49. The Morgan fingerprint density at radius 2 is 2.15 bits per heavy atom. The van der Waals surface area contributed by atoms with Gasteiger partial charge < -0.3 is 10.1 Å². The van der Waals surface area contributed by atoms with Crippen LogP contribution in [-0.2, 0) is 16.2 Å². The molecule has 0 spiro atoms. The largest absolute Gasteiger partial charge is 0.488 e. The first-order chi connectivity index (χ1) is 12.9. The molecule has 0 unspecified atom stereocenters. The van der Waals surface area contributed by atoms with Crippen molar-refractivity contribution >= 4 is 46.4 Å². The number of amidine groups is 1. The maximum atomic E-state index is 13.3. The number of benzene rings is 2. The molecule has 2 amide bonds. The summed E-state index contributed by atoms with van der Waals surface area (Å²) in [7, 11) is 0. The van der Waals surface area contributed by atoms with Crippen LogP contribution in [0, 0.1) is 5.82 Å². The standard InChI is InChI=1S/C19H14ClFN2O3S/c1-11(24)22-19-23-18(25)17(27-19)9-13-8-14(20)5-6-16(13)26-10-12-3-2-4-15(21)7-12/h2-9H,10H2,1H3,(H,22,23,24,25)/b17-9+. The molecule has 0 atom stereocenters. The van der Waals surface area contributed by atoms with Gasteiger partial charge in [0, 0.05) is 17.5 Å². The van der Waals surface area contributed by atoms with E-state index in [0.717, 1.165) is 11.8 Å². The van der Waals surface area contributed by atoms with E-state index in [9.17, 15) is 14.0 Å². The minimum absolute atomic E-state index is 0.157. The number of carbonyl (C=O) groups is 2. The summed E-state index contributed by atoms with van der Waals surface area (Å²) >= 11 is 7.12. The van der Waals surface area contributed by atoms with Crippen molar-refractivity contribution in [3.63, 3.8) is 0 Å². The molecular weight excluding hydrogens is 391 g/mol. The van der Waals surface area contributed by atoms with Crippen LogP contribution in [0.5, 0.6) is 5.75 Å². The van der Waals surface area contributed by atoms with E-state index in [-0.39, 0.29) is 23.5 Å². The quantitative estimate of drug-likeness (QED) is 0.777. The Morgan fingerprint density at radius 3 is 2.89 bits per heavy atom. The smallest absolute Gasteiger partial charge is 0.286 e. The van der Waals surface area contributed by atoms with Gasteiger partial charge in [-0.1, -0.05) is 23.7 Å². The van der Waals surface area contributed by atoms with Crippen LogP contribution >= 0.6 is 23.4 Å². The van der Waals surface area contributed by atoms with Crippen molar-refractivity contribution in [2.75, 3.05) is 0 Å². The van der Waals surface area contributed by atoms with Gasteiger partial charge in [0.25, 0.3) is 5.91 Å². The van der Waals surface area contributed by atoms with Crippen molar-refractivity contribution in [3.05, 3.63) is 69.3 Å². The fourth-order valence-electron chi connectivity index (χ4n) is 2.31. The second-order valence-corrected chi connectivity index (χ2v) is 7.08. The third-order valence-electron chi connectivity index (χ3n) is 3.45. The maximum Gasteiger partial charge on any atom is 0.286 e. The van der Waals surface area contributed by atoms with Gasteiger partial charge in [-0.2, -0.15) is 4.99 Å². The molecule has 0 radical (unpaired) electrons. The van der Waals surface area contributed by atoms with Crippen molar-refractivity contribution in [1.82, 2.24) is 5.32 Å². The second kappa shape index (κ2) is 8.37. The summed E-state index contributed by atoms with van der Waals surface area (Å²) in [5.41, 5.74) is 1.25. The van der Waals surface area contributed by atoms with Gasteiger partial charge in [-0.3, -0.25) is 9.59 Å². The van der Waals surface area contributed by atoms with Gasteiger partial charge in [-0.25, -0.2) is 4.39 Å². The highest BCUT2D eigenvalue weighted by Crippen LogP contribution is 2.32. The number of aliphatic imine (C=N–C) groups is 1. The van der Waals surface area contributed by atoms with E-state index in [1.165, 1.54) is 19.1 Å². The zero-order valence-corrected chi connectivity index (χ0v) is 15.7. The maximum absolute atomic E-state index is 13.3. The molecule has 0 saturated carbocycles. The second-order valence-electron chi connectivity index (χ2n) is 5.61. The van der Waals surface area contributed by atoms with E-state index in [1.807, 2.05) is 0 Å². The van der Waals surface area contributed by atoms with E-state index in [4.69, 9.17) is 16.3 Å². The fraction of sp³-hybridized carbons (Fsp3) is 0.105. The number of nitrogens with one attached hydrogen (secondary N) is 1. The molecule has 1 aliphatic rings. The molecule has 5 nitrogen and oxygen atoms in total. The summed E-state index contributed by atoms with van der Waals surface area (Å²) in [4.78, 5) is 27.3. The molecule has 0 aliphatic carbocycles. The van der Waals surface area contributed by atoms with E-state index >= 15 is 0 Å². The fourth-order valence-corrected chi connectivity index (χ4v) is 3.34. The molecule has 138 valence electrons. The predicted molar refractivity (Wildman–Crippen MR) is 104 cm³/mol. The molecule has 1 heterocycles. The minimum atomic E-state index is -0.459. The summed E-state index contributed by atoms with van der Waals surface area (Å²) in [6, 6.07) is 11.1. The topological polar surface area (TPSA) is 67.8 Å². The zero-order valence-electron chi connectivity index (χ0n) is 14.2. The summed E-state index contributed by atoms with van der Waals surface area (Å²) in [5, 5.41) is 3.18. The first kappa shape index (κ1) is 19.1. The molecule has 1 aliphatic heterocycles. The van der Waals surface area contributed by atoms with Crippen LogP contribution < -0.4 is 10.1 Å². The number of hydrogen-bond acceptors (Lipinski definition) is 4. The molecule has 0 bridgehead atoms. The number of halogens is 2. The molecular formula is C19H14ClFN2O3S. The van der Waals surface area contributed by atoms with Crippen molar-refractivity contribution < 1.29 is 18.7 Å². The summed E-state index contributed by atoms with van der Waals surface area (Å²) in [5.74, 6) is -0.625.